The van der Waals surface area contributed by atoms with Gasteiger partial charge in [-0.1, -0.05) is 23.7 Å². The maximum atomic E-state index is 12.3. The summed E-state index contributed by atoms with van der Waals surface area (Å²) in [5, 5.41) is 0.576. The molecule has 118 valence electrons. The topological polar surface area (TPSA) is 53.2 Å². The van der Waals surface area contributed by atoms with Crippen LogP contribution in [-0.2, 0) is 18.4 Å². The van der Waals surface area contributed by atoms with Crippen LogP contribution in [0.5, 0.6) is 5.75 Å². The molecule has 3 aromatic rings. The second-order valence-corrected chi connectivity index (χ2v) is 5.60. The minimum atomic E-state index is -0.396. The molecule has 0 aliphatic carbocycles. The summed E-state index contributed by atoms with van der Waals surface area (Å²) in [4.78, 5) is 24.2. The lowest BCUT2D eigenvalue weighted by Gasteiger charge is -2.05. The third-order valence-electron chi connectivity index (χ3n) is 3.64. The van der Waals surface area contributed by atoms with Crippen LogP contribution >= 0.6 is 11.6 Å². The Balaban J connectivity index is 1.73. The molecule has 0 aliphatic rings. The van der Waals surface area contributed by atoms with E-state index in [0.29, 0.717) is 10.8 Å². The molecule has 0 saturated heterocycles. The number of fused-ring (bicyclic) bond motifs is 1. The highest BCUT2D eigenvalue weighted by Gasteiger charge is 2.12. The average Bonchev–Trinajstić information content (AvgIpc) is 2.80. The number of carbonyl (C=O) groups excluding carboxylic acids is 1. The molecule has 0 N–H and O–H groups in total. The molecule has 0 amide bonds. The van der Waals surface area contributed by atoms with Crippen molar-refractivity contribution in [1.29, 1.82) is 0 Å². The van der Waals surface area contributed by atoms with Gasteiger partial charge >= 0.3 is 11.7 Å². The molecular weight excluding hydrogens is 316 g/mol. The molecule has 23 heavy (non-hydrogen) atoms. The van der Waals surface area contributed by atoms with Crippen molar-refractivity contribution in [3.05, 3.63) is 64.0 Å². The molecule has 1 heterocycles. The van der Waals surface area contributed by atoms with Gasteiger partial charge in [-0.15, -0.1) is 0 Å². The van der Waals surface area contributed by atoms with Crippen molar-refractivity contribution in [3.8, 4) is 5.75 Å². The van der Waals surface area contributed by atoms with Crippen LogP contribution in [0.15, 0.2) is 53.3 Å². The number of aryl methyl sites for hydroxylation is 2. The molecule has 5 nitrogen and oxygen atoms in total. The predicted octanol–water partition coefficient (Wildman–Crippen LogP) is 2.99. The lowest BCUT2D eigenvalue weighted by atomic mass is 10.3. The summed E-state index contributed by atoms with van der Waals surface area (Å²) in [7, 11) is 1.72. The van der Waals surface area contributed by atoms with Crippen LogP contribution in [0.4, 0.5) is 0 Å². The van der Waals surface area contributed by atoms with E-state index in [1.165, 1.54) is 0 Å². The normalized spacial score (nSPS) is 10.9. The SMILES string of the molecule is Cn1c(=O)n(CCC(=O)Oc2ccc(Cl)cc2)c2ccccc21. The van der Waals surface area contributed by atoms with E-state index < -0.39 is 5.97 Å². The van der Waals surface area contributed by atoms with Gasteiger partial charge in [0.1, 0.15) is 5.75 Å². The van der Waals surface area contributed by atoms with E-state index in [-0.39, 0.29) is 18.7 Å². The molecule has 0 unspecified atom stereocenters. The van der Waals surface area contributed by atoms with E-state index in [4.69, 9.17) is 16.3 Å². The number of hydrogen-bond acceptors (Lipinski definition) is 3. The van der Waals surface area contributed by atoms with Crippen molar-refractivity contribution in [1.82, 2.24) is 9.13 Å². The standard InChI is InChI=1S/C17H15ClN2O3/c1-19-14-4-2-3-5-15(14)20(17(19)22)11-10-16(21)23-13-8-6-12(18)7-9-13/h2-9H,10-11H2,1H3. The van der Waals surface area contributed by atoms with Crippen molar-refractivity contribution in [2.75, 3.05) is 0 Å². The summed E-state index contributed by atoms with van der Waals surface area (Å²) in [5.41, 5.74) is 1.49. The van der Waals surface area contributed by atoms with Crippen LogP contribution < -0.4 is 10.4 Å². The zero-order valence-corrected chi connectivity index (χ0v) is 13.3. The van der Waals surface area contributed by atoms with Crippen LogP contribution in [0.1, 0.15) is 6.42 Å². The van der Waals surface area contributed by atoms with Crippen LogP contribution in [0.3, 0.4) is 0 Å². The molecule has 0 radical (unpaired) electrons. The van der Waals surface area contributed by atoms with Gasteiger partial charge in [-0.3, -0.25) is 13.9 Å². The maximum absolute atomic E-state index is 12.3. The Morgan fingerprint density at radius 1 is 1.09 bits per heavy atom. The Hall–Kier alpha value is -2.53. The van der Waals surface area contributed by atoms with Gasteiger partial charge in [-0.05, 0) is 36.4 Å². The lowest BCUT2D eigenvalue weighted by Crippen LogP contribution is -2.24. The second kappa shape index (κ2) is 6.30. The summed E-state index contributed by atoms with van der Waals surface area (Å²) in [6, 6.07) is 14.0. The molecule has 0 aliphatic heterocycles. The smallest absolute Gasteiger partial charge is 0.328 e. The minimum Gasteiger partial charge on any atom is -0.426 e. The number of esters is 1. The summed E-state index contributed by atoms with van der Waals surface area (Å²) < 4.78 is 8.38. The zero-order chi connectivity index (χ0) is 16.4. The average molecular weight is 331 g/mol. The van der Waals surface area contributed by atoms with E-state index in [1.54, 1.807) is 40.4 Å². The fraction of sp³-hybridized carbons (Fsp3) is 0.176. The number of para-hydroxylation sites is 2. The van der Waals surface area contributed by atoms with Gasteiger partial charge in [0.2, 0.25) is 0 Å². The third kappa shape index (κ3) is 3.14. The number of carbonyl (C=O) groups is 1. The minimum absolute atomic E-state index is 0.108. The van der Waals surface area contributed by atoms with Crippen molar-refractivity contribution >= 4 is 28.6 Å². The summed E-state index contributed by atoms with van der Waals surface area (Å²) in [6.07, 6.45) is 0.108. The molecule has 0 spiro atoms. The third-order valence-corrected chi connectivity index (χ3v) is 3.89. The van der Waals surface area contributed by atoms with Crippen LogP contribution in [-0.4, -0.2) is 15.1 Å². The highest BCUT2D eigenvalue weighted by molar-refractivity contribution is 6.30. The van der Waals surface area contributed by atoms with E-state index in [1.807, 2.05) is 24.3 Å². The molecule has 0 fully saturated rings. The molecule has 3 rings (SSSR count). The highest BCUT2D eigenvalue weighted by Crippen LogP contribution is 2.16. The van der Waals surface area contributed by atoms with Gasteiger partial charge in [0.25, 0.3) is 0 Å². The van der Waals surface area contributed by atoms with Crippen LogP contribution in [0.25, 0.3) is 11.0 Å². The van der Waals surface area contributed by atoms with Gasteiger partial charge in [-0.2, -0.15) is 0 Å². The van der Waals surface area contributed by atoms with Crippen LogP contribution in [0.2, 0.25) is 5.02 Å². The van der Waals surface area contributed by atoms with Gasteiger partial charge in [0.15, 0.2) is 0 Å². The first-order valence-electron chi connectivity index (χ1n) is 7.17. The second-order valence-electron chi connectivity index (χ2n) is 5.16. The zero-order valence-electron chi connectivity index (χ0n) is 12.5. The van der Waals surface area contributed by atoms with Crippen molar-refractivity contribution in [3.63, 3.8) is 0 Å². The summed E-state index contributed by atoms with van der Waals surface area (Å²) >= 11 is 5.78. The summed E-state index contributed by atoms with van der Waals surface area (Å²) in [5.74, 6) is 0.0387. The molecular formula is C17H15ClN2O3. The van der Waals surface area contributed by atoms with E-state index in [0.717, 1.165) is 11.0 Å². The van der Waals surface area contributed by atoms with Gasteiger partial charge in [0, 0.05) is 18.6 Å². The number of aromatic nitrogens is 2. The molecule has 0 bridgehead atoms. The predicted molar refractivity (Wildman–Crippen MR) is 88.9 cm³/mol. The van der Waals surface area contributed by atoms with Crippen molar-refractivity contribution in [2.45, 2.75) is 13.0 Å². The fourth-order valence-electron chi connectivity index (χ4n) is 2.47. The van der Waals surface area contributed by atoms with Crippen molar-refractivity contribution in [2.24, 2.45) is 7.05 Å². The summed E-state index contributed by atoms with van der Waals surface area (Å²) in [6.45, 7) is 0.270. The highest BCUT2D eigenvalue weighted by atomic mass is 35.5. The Bertz CT molecular complexity index is 910. The van der Waals surface area contributed by atoms with Gasteiger partial charge < -0.3 is 4.74 Å². The van der Waals surface area contributed by atoms with Gasteiger partial charge in [-0.25, -0.2) is 4.79 Å². The van der Waals surface area contributed by atoms with E-state index >= 15 is 0 Å². The van der Waals surface area contributed by atoms with E-state index in [9.17, 15) is 9.59 Å². The first-order chi connectivity index (χ1) is 11.1. The number of benzene rings is 2. The van der Waals surface area contributed by atoms with E-state index in [2.05, 4.69) is 0 Å². The maximum Gasteiger partial charge on any atom is 0.328 e. The monoisotopic (exact) mass is 330 g/mol. The largest absolute Gasteiger partial charge is 0.426 e. The lowest BCUT2D eigenvalue weighted by molar-refractivity contribution is -0.134. The number of rotatable bonds is 4. The van der Waals surface area contributed by atoms with Gasteiger partial charge in [0.05, 0.1) is 17.5 Å². The Labute approximate surface area is 137 Å². The first-order valence-corrected chi connectivity index (χ1v) is 7.54. The molecule has 0 atom stereocenters. The van der Waals surface area contributed by atoms with Crippen molar-refractivity contribution < 1.29 is 9.53 Å². The molecule has 6 heteroatoms. The Morgan fingerprint density at radius 2 is 1.74 bits per heavy atom. The Morgan fingerprint density at radius 3 is 2.43 bits per heavy atom. The molecule has 0 saturated carbocycles. The number of halogens is 1. The first kappa shape index (κ1) is 15.4. The molecule has 1 aromatic heterocycles. The Kier molecular flexibility index (Phi) is 4.21. The number of hydrogen-bond donors (Lipinski definition) is 0. The quantitative estimate of drug-likeness (QED) is 0.546. The number of nitrogens with zero attached hydrogens (tertiary/aromatic N) is 2. The molecule has 2 aromatic carbocycles. The fourth-order valence-corrected chi connectivity index (χ4v) is 2.59. The van der Waals surface area contributed by atoms with Crippen LogP contribution in [0, 0.1) is 0 Å². The number of imidazole rings is 1. The number of ether oxygens (including phenoxy) is 1.